The lowest BCUT2D eigenvalue weighted by atomic mass is 10.1. The Labute approximate surface area is 197 Å². The van der Waals surface area contributed by atoms with Crippen LogP contribution >= 0.6 is 0 Å². The second-order valence-electron chi connectivity index (χ2n) is 7.12. The number of rotatable bonds is 8. The maximum absolute atomic E-state index is 13.0. The van der Waals surface area contributed by atoms with Crippen LogP contribution in [0.25, 0.3) is 6.08 Å². The summed E-state index contributed by atoms with van der Waals surface area (Å²) in [5.41, 5.74) is 1.43. The molecule has 3 rings (SSSR count). The molecule has 9 heteroatoms. The SMILES string of the molecule is CCOc1cc(/C=C(\C#N)C(=O)Nc2ccc(F)cc2)ccc1OS(=O)(=O)c1ccc(C)cc1. The van der Waals surface area contributed by atoms with Crippen molar-refractivity contribution in [2.24, 2.45) is 0 Å². The van der Waals surface area contributed by atoms with E-state index in [2.05, 4.69) is 5.32 Å². The molecular formula is C25H21FN2O5S. The molecule has 0 atom stereocenters. The van der Waals surface area contributed by atoms with Crippen molar-refractivity contribution in [1.29, 1.82) is 5.26 Å². The first kappa shape index (κ1) is 24.5. The van der Waals surface area contributed by atoms with E-state index in [-0.39, 0.29) is 28.6 Å². The van der Waals surface area contributed by atoms with Gasteiger partial charge in [0, 0.05) is 5.69 Å². The number of nitrogens with zero attached hydrogens (tertiary/aromatic N) is 1. The Hall–Kier alpha value is -4.16. The van der Waals surface area contributed by atoms with Crippen molar-refractivity contribution in [3.63, 3.8) is 0 Å². The van der Waals surface area contributed by atoms with Gasteiger partial charge < -0.3 is 14.2 Å². The van der Waals surface area contributed by atoms with Gasteiger partial charge in [0.1, 0.15) is 22.4 Å². The second-order valence-corrected chi connectivity index (χ2v) is 8.67. The summed E-state index contributed by atoms with van der Waals surface area (Å²) in [6.45, 7) is 3.79. The predicted octanol–water partition coefficient (Wildman–Crippen LogP) is 4.85. The van der Waals surface area contributed by atoms with Gasteiger partial charge in [0.15, 0.2) is 11.5 Å². The number of hydrogen-bond acceptors (Lipinski definition) is 6. The summed E-state index contributed by atoms with van der Waals surface area (Å²) in [7, 11) is -4.10. The summed E-state index contributed by atoms with van der Waals surface area (Å²) in [6, 6.07) is 17.5. The minimum atomic E-state index is -4.10. The standard InChI is InChI=1S/C25H21FN2O5S/c1-3-32-24-15-18(14-19(16-27)25(29)28-21-9-7-20(26)8-10-21)6-13-23(24)33-34(30,31)22-11-4-17(2)5-12-22/h4-15H,3H2,1-2H3,(H,28,29)/b19-14+. The number of halogens is 1. The molecule has 0 fully saturated rings. The second kappa shape index (κ2) is 10.6. The predicted molar refractivity (Wildman–Crippen MR) is 125 cm³/mol. The average molecular weight is 481 g/mol. The molecule has 0 aliphatic heterocycles. The summed E-state index contributed by atoms with van der Waals surface area (Å²) in [6.07, 6.45) is 1.32. The number of amides is 1. The van der Waals surface area contributed by atoms with Gasteiger partial charge in [0.2, 0.25) is 0 Å². The molecule has 3 aromatic rings. The zero-order chi connectivity index (χ0) is 24.7. The van der Waals surface area contributed by atoms with Crippen molar-refractivity contribution in [2.75, 3.05) is 11.9 Å². The first-order valence-corrected chi connectivity index (χ1v) is 11.6. The monoisotopic (exact) mass is 480 g/mol. The zero-order valence-corrected chi connectivity index (χ0v) is 19.2. The van der Waals surface area contributed by atoms with E-state index in [0.717, 1.165) is 5.56 Å². The highest BCUT2D eigenvalue weighted by molar-refractivity contribution is 7.87. The molecule has 0 unspecified atom stereocenters. The van der Waals surface area contributed by atoms with Gasteiger partial charge in [-0.25, -0.2) is 4.39 Å². The Kier molecular flexibility index (Phi) is 7.66. The van der Waals surface area contributed by atoms with E-state index >= 15 is 0 Å². The fourth-order valence-electron chi connectivity index (χ4n) is 2.87. The largest absolute Gasteiger partial charge is 0.490 e. The minimum Gasteiger partial charge on any atom is -0.490 e. The molecule has 0 aliphatic carbocycles. The van der Waals surface area contributed by atoms with Crippen LogP contribution in [0, 0.1) is 24.1 Å². The van der Waals surface area contributed by atoms with Gasteiger partial charge in [-0.05, 0) is 74.0 Å². The third kappa shape index (κ3) is 6.21. The van der Waals surface area contributed by atoms with Crippen LogP contribution in [0.15, 0.2) is 77.2 Å². The van der Waals surface area contributed by atoms with Gasteiger partial charge in [0.05, 0.1) is 6.61 Å². The zero-order valence-electron chi connectivity index (χ0n) is 18.4. The van der Waals surface area contributed by atoms with Gasteiger partial charge in [-0.2, -0.15) is 13.7 Å². The summed E-state index contributed by atoms with van der Waals surface area (Å²) in [4.78, 5) is 12.4. The van der Waals surface area contributed by atoms with Gasteiger partial charge >= 0.3 is 10.1 Å². The number of aryl methyl sites for hydroxylation is 1. The lowest BCUT2D eigenvalue weighted by molar-refractivity contribution is -0.112. The number of hydrogen-bond donors (Lipinski definition) is 1. The van der Waals surface area contributed by atoms with Gasteiger partial charge in [-0.15, -0.1) is 0 Å². The molecule has 7 nitrogen and oxygen atoms in total. The molecule has 1 amide bonds. The normalized spacial score (nSPS) is 11.4. The fourth-order valence-corrected chi connectivity index (χ4v) is 3.81. The quantitative estimate of drug-likeness (QED) is 0.281. The Morgan fingerprint density at radius 3 is 2.35 bits per heavy atom. The van der Waals surface area contributed by atoms with E-state index < -0.39 is 21.8 Å². The summed E-state index contributed by atoms with van der Waals surface area (Å²) in [5, 5.41) is 11.9. The van der Waals surface area contributed by atoms with E-state index in [0.29, 0.717) is 11.3 Å². The summed E-state index contributed by atoms with van der Waals surface area (Å²) >= 11 is 0. The average Bonchev–Trinajstić information content (AvgIpc) is 2.81. The minimum absolute atomic E-state index is 0.00579. The molecule has 34 heavy (non-hydrogen) atoms. The van der Waals surface area contributed by atoms with Crippen LogP contribution < -0.4 is 14.2 Å². The van der Waals surface area contributed by atoms with Crippen molar-refractivity contribution < 1.29 is 26.5 Å². The van der Waals surface area contributed by atoms with Crippen LogP contribution in [0.2, 0.25) is 0 Å². The highest BCUT2D eigenvalue weighted by Crippen LogP contribution is 2.32. The van der Waals surface area contributed by atoms with Crippen LogP contribution in [0.4, 0.5) is 10.1 Å². The van der Waals surface area contributed by atoms with Crippen molar-refractivity contribution in [1.82, 2.24) is 0 Å². The molecule has 0 spiro atoms. The van der Waals surface area contributed by atoms with E-state index in [9.17, 15) is 22.9 Å². The number of benzene rings is 3. The maximum Gasteiger partial charge on any atom is 0.339 e. The lowest BCUT2D eigenvalue weighted by Crippen LogP contribution is -2.13. The molecule has 0 bridgehead atoms. The van der Waals surface area contributed by atoms with Crippen LogP contribution in [0.1, 0.15) is 18.1 Å². The van der Waals surface area contributed by atoms with Crippen LogP contribution in [-0.4, -0.2) is 20.9 Å². The van der Waals surface area contributed by atoms with Crippen LogP contribution in [0.3, 0.4) is 0 Å². The van der Waals surface area contributed by atoms with Crippen molar-refractivity contribution in [3.05, 3.63) is 89.2 Å². The number of nitrogens with one attached hydrogen (secondary N) is 1. The number of ether oxygens (including phenoxy) is 1. The molecule has 0 aliphatic rings. The fraction of sp³-hybridized carbons (Fsp3) is 0.120. The Morgan fingerprint density at radius 1 is 1.06 bits per heavy atom. The van der Waals surface area contributed by atoms with Crippen LogP contribution in [-0.2, 0) is 14.9 Å². The Balaban J connectivity index is 1.86. The number of carbonyl (C=O) groups is 1. The Bertz CT molecular complexity index is 1360. The third-order valence-corrected chi connectivity index (χ3v) is 5.80. The molecule has 3 aromatic carbocycles. The molecule has 0 saturated carbocycles. The number of nitriles is 1. The highest BCUT2D eigenvalue weighted by atomic mass is 32.2. The van der Waals surface area contributed by atoms with E-state index in [1.54, 1.807) is 19.1 Å². The topological polar surface area (TPSA) is 105 Å². The van der Waals surface area contributed by atoms with Gasteiger partial charge in [0.25, 0.3) is 5.91 Å². The molecular weight excluding hydrogens is 459 g/mol. The molecule has 0 saturated heterocycles. The lowest BCUT2D eigenvalue weighted by Gasteiger charge is -2.13. The van der Waals surface area contributed by atoms with E-state index in [4.69, 9.17) is 8.92 Å². The van der Waals surface area contributed by atoms with Crippen molar-refractivity contribution >= 4 is 27.8 Å². The molecule has 1 N–H and O–H groups in total. The van der Waals surface area contributed by atoms with Crippen molar-refractivity contribution in [2.45, 2.75) is 18.7 Å². The van der Waals surface area contributed by atoms with Gasteiger partial charge in [-0.1, -0.05) is 23.8 Å². The highest BCUT2D eigenvalue weighted by Gasteiger charge is 2.20. The Morgan fingerprint density at radius 2 is 1.74 bits per heavy atom. The maximum atomic E-state index is 13.0. The summed E-state index contributed by atoms with van der Waals surface area (Å²) < 4.78 is 49.2. The third-order valence-electron chi connectivity index (χ3n) is 4.55. The molecule has 174 valence electrons. The first-order chi connectivity index (χ1) is 16.2. The molecule has 0 heterocycles. The number of anilines is 1. The first-order valence-electron chi connectivity index (χ1n) is 10.2. The van der Waals surface area contributed by atoms with E-state index in [1.807, 2.05) is 13.0 Å². The molecule has 0 radical (unpaired) electrons. The van der Waals surface area contributed by atoms with Gasteiger partial charge in [-0.3, -0.25) is 4.79 Å². The van der Waals surface area contributed by atoms with Crippen molar-refractivity contribution in [3.8, 4) is 17.6 Å². The van der Waals surface area contributed by atoms with Crippen LogP contribution in [0.5, 0.6) is 11.5 Å². The smallest absolute Gasteiger partial charge is 0.339 e. The summed E-state index contributed by atoms with van der Waals surface area (Å²) in [5.74, 6) is -1.05. The van der Waals surface area contributed by atoms with E-state index in [1.165, 1.54) is 60.7 Å². The number of carbonyl (C=O) groups excluding carboxylic acids is 1. The molecule has 0 aromatic heterocycles.